The Balaban J connectivity index is -0.000000107. The van der Waals surface area contributed by atoms with Crippen LogP contribution in [0.15, 0.2) is 0 Å². The topological polar surface area (TPSA) is 75.6 Å². The summed E-state index contributed by atoms with van der Waals surface area (Å²) in [6.07, 6.45) is 0. The molecule has 1 amide bonds. The van der Waals surface area contributed by atoms with E-state index in [-0.39, 0.29) is 11.4 Å². The molecule has 0 saturated heterocycles. The van der Waals surface area contributed by atoms with Crippen molar-refractivity contribution in [1.29, 1.82) is 5.26 Å². The van der Waals surface area contributed by atoms with Crippen molar-refractivity contribution in [2.45, 2.75) is 13.8 Å². The van der Waals surface area contributed by atoms with E-state index >= 15 is 0 Å². The Bertz CT molecular complexity index is 115. The first-order valence-corrected chi connectivity index (χ1v) is 2.55. The van der Waals surface area contributed by atoms with Gasteiger partial charge >= 0.3 is 0 Å². The number of nitriles is 1. The highest BCUT2D eigenvalue weighted by molar-refractivity contribution is 5.72. The number of rotatable bonds is 0. The van der Waals surface area contributed by atoms with Crippen molar-refractivity contribution < 1.29 is 10.3 Å². The first-order chi connectivity index (χ1) is 4.06. The molecule has 0 radical (unpaired) electrons. The Morgan fingerprint density at radius 3 is 1.60 bits per heavy atom. The number of amides is 1. The van der Waals surface area contributed by atoms with E-state index in [9.17, 15) is 4.79 Å². The highest BCUT2D eigenvalue weighted by Crippen LogP contribution is 1.69. The van der Waals surface area contributed by atoms with Crippen LogP contribution in [0, 0.1) is 11.3 Å². The number of carbonyl (C=O) groups excluding carboxylic acids is 1. The van der Waals surface area contributed by atoms with Gasteiger partial charge in [0.25, 0.3) is 0 Å². The minimum absolute atomic E-state index is 0. The zero-order valence-corrected chi connectivity index (χ0v) is 6.80. The van der Waals surface area contributed by atoms with Crippen LogP contribution in [0.3, 0.4) is 0 Å². The van der Waals surface area contributed by atoms with Gasteiger partial charge in [0.1, 0.15) is 0 Å². The van der Waals surface area contributed by atoms with Crippen molar-refractivity contribution >= 4 is 5.91 Å². The van der Waals surface area contributed by atoms with E-state index < -0.39 is 0 Å². The molecule has 0 aromatic heterocycles. The first kappa shape index (κ1) is 16.0. The third kappa shape index (κ3) is 28.4. The van der Waals surface area contributed by atoms with Crippen molar-refractivity contribution in [1.82, 2.24) is 4.90 Å². The fraction of sp³-hybridized carbons (Fsp3) is 0.667. The summed E-state index contributed by atoms with van der Waals surface area (Å²) in [7, 11) is 3.45. The Morgan fingerprint density at radius 1 is 1.50 bits per heavy atom. The zero-order chi connectivity index (χ0) is 7.86. The van der Waals surface area contributed by atoms with Gasteiger partial charge in [0.05, 0.1) is 6.07 Å². The van der Waals surface area contributed by atoms with Gasteiger partial charge in [-0.25, -0.2) is 0 Å². The van der Waals surface area contributed by atoms with E-state index in [2.05, 4.69) is 0 Å². The van der Waals surface area contributed by atoms with Gasteiger partial charge in [-0.1, -0.05) is 0 Å². The number of hydrogen-bond acceptors (Lipinski definition) is 2. The van der Waals surface area contributed by atoms with Gasteiger partial charge in [0, 0.05) is 27.9 Å². The lowest BCUT2D eigenvalue weighted by Crippen LogP contribution is -2.17. The van der Waals surface area contributed by atoms with Crippen molar-refractivity contribution in [2.75, 3.05) is 14.1 Å². The average molecular weight is 146 g/mol. The Labute approximate surface area is 61.4 Å². The Hall–Kier alpha value is -1.08. The molecule has 0 spiro atoms. The normalized spacial score (nSPS) is 5.50. The monoisotopic (exact) mass is 146 g/mol. The van der Waals surface area contributed by atoms with E-state index in [1.807, 2.05) is 0 Å². The van der Waals surface area contributed by atoms with Gasteiger partial charge < -0.3 is 10.4 Å². The summed E-state index contributed by atoms with van der Waals surface area (Å²) in [5.41, 5.74) is 0. The van der Waals surface area contributed by atoms with Crippen LogP contribution in [0.5, 0.6) is 0 Å². The molecule has 0 aliphatic carbocycles. The smallest absolute Gasteiger partial charge is 0.218 e. The van der Waals surface area contributed by atoms with E-state index in [1.54, 1.807) is 20.2 Å². The summed E-state index contributed by atoms with van der Waals surface area (Å²) in [6, 6.07) is 1.75. The van der Waals surface area contributed by atoms with Crippen LogP contribution < -0.4 is 0 Å². The second-order valence-electron chi connectivity index (χ2n) is 1.64. The average Bonchev–Trinajstić information content (AvgIpc) is 1.68. The third-order valence-corrected chi connectivity index (χ3v) is 0.630. The largest absolute Gasteiger partial charge is 0.412 e. The van der Waals surface area contributed by atoms with Crippen molar-refractivity contribution in [3.05, 3.63) is 0 Å². The van der Waals surface area contributed by atoms with Crippen molar-refractivity contribution in [3.8, 4) is 6.07 Å². The molecule has 0 atom stereocenters. The summed E-state index contributed by atoms with van der Waals surface area (Å²) in [4.78, 5) is 11.6. The van der Waals surface area contributed by atoms with E-state index in [0.29, 0.717) is 0 Å². The van der Waals surface area contributed by atoms with E-state index in [4.69, 9.17) is 5.26 Å². The molecular formula is C6H14N2O2. The van der Waals surface area contributed by atoms with Crippen LogP contribution in [0.25, 0.3) is 0 Å². The molecule has 0 bridgehead atoms. The van der Waals surface area contributed by atoms with Crippen LogP contribution in [0.1, 0.15) is 13.8 Å². The molecule has 2 N–H and O–H groups in total. The molecule has 4 nitrogen and oxygen atoms in total. The van der Waals surface area contributed by atoms with Crippen LogP contribution in [-0.4, -0.2) is 30.4 Å². The number of nitrogens with zero attached hydrogens (tertiary/aromatic N) is 2. The van der Waals surface area contributed by atoms with Crippen molar-refractivity contribution in [2.24, 2.45) is 0 Å². The third-order valence-electron chi connectivity index (χ3n) is 0.630. The fourth-order valence-corrected chi connectivity index (χ4v) is 0. The van der Waals surface area contributed by atoms with Gasteiger partial charge in [-0.3, -0.25) is 4.79 Å². The van der Waals surface area contributed by atoms with Gasteiger partial charge in [0.15, 0.2) is 0 Å². The minimum Gasteiger partial charge on any atom is -0.412 e. The molecule has 0 rings (SSSR count). The molecule has 0 aliphatic rings. The molecule has 0 unspecified atom stereocenters. The maximum atomic E-state index is 10.1. The summed E-state index contributed by atoms with van der Waals surface area (Å²) in [5.74, 6) is 0.0926. The summed E-state index contributed by atoms with van der Waals surface area (Å²) in [5, 5.41) is 7.32. The predicted molar refractivity (Wildman–Crippen MR) is 39.3 cm³/mol. The van der Waals surface area contributed by atoms with Crippen LogP contribution in [-0.2, 0) is 4.79 Å². The van der Waals surface area contributed by atoms with Gasteiger partial charge in [-0.2, -0.15) is 5.26 Å². The second kappa shape index (κ2) is 10.8. The number of carbonyl (C=O) groups is 1. The van der Waals surface area contributed by atoms with Crippen LogP contribution in [0.4, 0.5) is 0 Å². The summed E-state index contributed by atoms with van der Waals surface area (Å²) < 4.78 is 0. The van der Waals surface area contributed by atoms with E-state index in [1.165, 1.54) is 18.7 Å². The van der Waals surface area contributed by atoms with Crippen molar-refractivity contribution in [3.63, 3.8) is 0 Å². The molecule has 0 aliphatic heterocycles. The quantitative estimate of drug-likeness (QED) is 0.474. The van der Waals surface area contributed by atoms with Crippen LogP contribution in [0.2, 0.25) is 0 Å². The lowest BCUT2D eigenvalue weighted by molar-refractivity contribution is -0.126. The predicted octanol–water partition coefficient (Wildman–Crippen LogP) is -0.200. The maximum Gasteiger partial charge on any atom is 0.218 e. The SMILES string of the molecule is CC#N.CC(=O)N(C)C.O. The molecule has 0 aromatic rings. The summed E-state index contributed by atoms with van der Waals surface area (Å²) >= 11 is 0. The zero-order valence-electron chi connectivity index (χ0n) is 6.80. The molecule has 4 heteroatoms. The second-order valence-corrected chi connectivity index (χ2v) is 1.64. The maximum absolute atomic E-state index is 10.1. The Kier molecular flexibility index (Phi) is 17.3. The molecular weight excluding hydrogens is 132 g/mol. The van der Waals surface area contributed by atoms with Crippen LogP contribution >= 0.6 is 0 Å². The highest BCUT2D eigenvalue weighted by atomic mass is 16.2. The standard InChI is InChI=1S/C4H9NO.C2H3N.H2O/c1-4(6)5(2)3;1-2-3;/h1-3H3;1H3;1H2. The molecule has 0 aromatic carbocycles. The fourth-order valence-electron chi connectivity index (χ4n) is 0. The molecule has 0 heterocycles. The lowest BCUT2D eigenvalue weighted by atomic mass is 10.7. The first-order valence-electron chi connectivity index (χ1n) is 2.55. The van der Waals surface area contributed by atoms with E-state index in [0.717, 1.165) is 0 Å². The minimum atomic E-state index is 0. The van der Waals surface area contributed by atoms with Gasteiger partial charge in [-0.05, 0) is 0 Å². The van der Waals surface area contributed by atoms with Gasteiger partial charge in [-0.15, -0.1) is 0 Å². The molecule has 10 heavy (non-hydrogen) atoms. The highest BCUT2D eigenvalue weighted by Gasteiger charge is 1.87. The molecule has 0 fully saturated rings. The summed E-state index contributed by atoms with van der Waals surface area (Å²) in [6.45, 7) is 2.96. The Morgan fingerprint density at radius 2 is 1.60 bits per heavy atom. The number of hydrogen-bond donors (Lipinski definition) is 0. The molecule has 60 valence electrons. The molecule has 0 saturated carbocycles. The lowest BCUT2D eigenvalue weighted by Gasteiger charge is -2.02. The van der Waals surface area contributed by atoms with Gasteiger partial charge in [0.2, 0.25) is 5.91 Å².